The van der Waals surface area contributed by atoms with Crippen LogP contribution in [0.1, 0.15) is 13.8 Å². The summed E-state index contributed by atoms with van der Waals surface area (Å²) < 4.78 is 8.93. The van der Waals surface area contributed by atoms with Gasteiger partial charge in [-0.15, -0.1) is 0 Å². The molecular formula is C10H7BrN2O8. The van der Waals surface area contributed by atoms with E-state index in [1.54, 1.807) is 0 Å². The summed E-state index contributed by atoms with van der Waals surface area (Å²) >= 11 is 2.81. The minimum Gasteiger partial charge on any atom is -0.418 e. The number of hydrogen-bond donors (Lipinski definition) is 0. The van der Waals surface area contributed by atoms with Crippen LogP contribution < -0.4 is 9.47 Å². The molecule has 0 aliphatic rings. The number of halogens is 1. The largest absolute Gasteiger partial charge is 0.418 e. The number of ether oxygens (including phenoxy) is 2. The van der Waals surface area contributed by atoms with E-state index < -0.39 is 44.7 Å². The molecule has 0 fully saturated rings. The number of nitrogens with zero attached hydrogens (tertiary/aromatic N) is 2. The fourth-order valence-corrected chi connectivity index (χ4v) is 1.91. The molecule has 11 heteroatoms. The van der Waals surface area contributed by atoms with Crippen molar-refractivity contribution in [3.05, 3.63) is 30.8 Å². The van der Waals surface area contributed by atoms with E-state index in [4.69, 9.17) is 0 Å². The summed E-state index contributed by atoms with van der Waals surface area (Å²) in [4.78, 5) is 41.9. The van der Waals surface area contributed by atoms with Gasteiger partial charge in [-0.05, 0) is 15.9 Å². The number of nitro groups is 2. The maximum atomic E-state index is 11.0. The van der Waals surface area contributed by atoms with Crippen molar-refractivity contribution in [3.8, 4) is 11.5 Å². The Morgan fingerprint density at radius 1 is 1.00 bits per heavy atom. The molecule has 0 saturated heterocycles. The minimum atomic E-state index is -0.965. The SMILES string of the molecule is CC(=O)Oc1c([N+](=O)[O-])cc([N+](=O)[O-])c(OC(C)=O)c1Br. The normalized spacial score (nSPS) is 9.86. The first-order valence-corrected chi connectivity index (χ1v) is 5.96. The number of esters is 2. The Labute approximate surface area is 125 Å². The Hall–Kier alpha value is -2.56. The van der Waals surface area contributed by atoms with Gasteiger partial charge in [-0.1, -0.05) is 0 Å². The van der Waals surface area contributed by atoms with E-state index in [0.717, 1.165) is 13.8 Å². The highest BCUT2D eigenvalue weighted by Gasteiger charge is 2.33. The van der Waals surface area contributed by atoms with Gasteiger partial charge in [0.25, 0.3) is 0 Å². The second-order valence-corrected chi connectivity index (χ2v) is 4.38. The maximum Gasteiger partial charge on any atom is 0.320 e. The molecule has 0 atom stereocenters. The van der Waals surface area contributed by atoms with E-state index in [9.17, 15) is 29.8 Å². The fourth-order valence-electron chi connectivity index (χ4n) is 1.34. The van der Waals surface area contributed by atoms with Crippen molar-refractivity contribution < 1.29 is 28.9 Å². The third-order valence-corrected chi connectivity index (χ3v) is 2.74. The number of nitro benzene ring substituents is 2. The second kappa shape index (κ2) is 6.26. The standard InChI is InChI=1S/C10H7BrN2O8/c1-4(14)20-9-6(12(16)17)3-7(13(18)19)10(8(9)11)21-5(2)15/h3H,1-2H3. The molecule has 0 radical (unpaired) electrons. The Morgan fingerprint density at radius 2 is 1.33 bits per heavy atom. The van der Waals surface area contributed by atoms with Crippen LogP contribution in [-0.4, -0.2) is 21.8 Å². The number of rotatable bonds is 4. The molecule has 0 aliphatic heterocycles. The summed E-state index contributed by atoms with van der Waals surface area (Å²) in [6.07, 6.45) is 0. The lowest BCUT2D eigenvalue weighted by molar-refractivity contribution is -0.395. The van der Waals surface area contributed by atoms with Crippen molar-refractivity contribution in [1.82, 2.24) is 0 Å². The van der Waals surface area contributed by atoms with Gasteiger partial charge < -0.3 is 9.47 Å². The van der Waals surface area contributed by atoms with E-state index in [-0.39, 0.29) is 4.47 Å². The molecule has 1 rings (SSSR count). The highest BCUT2D eigenvalue weighted by molar-refractivity contribution is 9.10. The summed E-state index contributed by atoms with van der Waals surface area (Å²) in [5.74, 6) is -2.95. The van der Waals surface area contributed by atoms with Gasteiger partial charge in [-0.2, -0.15) is 0 Å². The topological polar surface area (TPSA) is 139 Å². The monoisotopic (exact) mass is 362 g/mol. The van der Waals surface area contributed by atoms with Crippen LogP contribution in [0.3, 0.4) is 0 Å². The first-order chi connectivity index (χ1) is 9.65. The van der Waals surface area contributed by atoms with Crippen LogP contribution in [0.5, 0.6) is 11.5 Å². The molecule has 0 aromatic heterocycles. The number of hydrogen-bond acceptors (Lipinski definition) is 8. The molecule has 0 spiro atoms. The van der Waals surface area contributed by atoms with Crippen LogP contribution in [0.2, 0.25) is 0 Å². The van der Waals surface area contributed by atoms with Crippen LogP contribution in [0.4, 0.5) is 11.4 Å². The van der Waals surface area contributed by atoms with Crippen molar-refractivity contribution in [2.24, 2.45) is 0 Å². The molecule has 21 heavy (non-hydrogen) atoms. The molecule has 1 aromatic rings. The number of benzene rings is 1. The van der Waals surface area contributed by atoms with Crippen molar-refractivity contribution in [3.63, 3.8) is 0 Å². The highest BCUT2D eigenvalue weighted by atomic mass is 79.9. The summed E-state index contributed by atoms with van der Waals surface area (Å²) in [6.45, 7) is 1.98. The van der Waals surface area contributed by atoms with Gasteiger partial charge in [-0.3, -0.25) is 29.8 Å². The van der Waals surface area contributed by atoms with E-state index in [0.29, 0.717) is 6.07 Å². The lowest BCUT2D eigenvalue weighted by Gasteiger charge is -2.10. The lowest BCUT2D eigenvalue weighted by atomic mass is 10.2. The molecule has 0 saturated carbocycles. The van der Waals surface area contributed by atoms with E-state index in [2.05, 4.69) is 25.4 Å². The van der Waals surface area contributed by atoms with Crippen LogP contribution >= 0.6 is 15.9 Å². The Morgan fingerprint density at radius 3 is 1.57 bits per heavy atom. The first-order valence-electron chi connectivity index (χ1n) is 5.17. The summed E-state index contributed by atoms with van der Waals surface area (Å²) in [6, 6.07) is 0.543. The zero-order valence-electron chi connectivity index (χ0n) is 10.6. The Bertz CT molecular complexity index is 605. The van der Waals surface area contributed by atoms with Crippen LogP contribution in [-0.2, 0) is 9.59 Å². The van der Waals surface area contributed by atoms with E-state index in [1.165, 1.54) is 0 Å². The predicted octanol–water partition coefficient (Wildman–Crippen LogP) is 2.12. The number of carbonyl (C=O) groups excluding carboxylic acids is 2. The van der Waals surface area contributed by atoms with Crippen molar-refractivity contribution >= 4 is 39.2 Å². The zero-order valence-corrected chi connectivity index (χ0v) is 12.2. The Balaban J connectivity index is 3.70. The first kappa shape index (κ1) is 16.5. The average Bonchev–Trinajstić information content (AvgIpc) is 2.32. The summed E-state index contributed by atoms with van der Waals surface area (Å²) in [7, 11) is 0. The van der Waals surface area contributed by atoms with Gasteiger partial charge in [0.1, 0.15) is 10.5 Å². The van der Waals surface area contributed by atoms with Gasteiger partial charge in [0.2, 0.25) is 11.5 Å². The number of carbonyl (C=O) groups is 2. The van der Waals surface area contributed by atoms with Crippen molar-refractivity contribution in [2.45, 2.75) is 13.8 Å². The molecule has 1 aromatic carbocycles. The lowest BCUT2D eigenvalue weighted by Crippen LogP contribution is -2.09. The molecule has 0 N–H and O–H groups in total. The summed E-state index contributed by atoms with van der Waals surface area (Å²) in [5.41, 5.74) is -1.64. The van der Waals surface area contributed by atoms with Gasteiger partial charge in [0, 0.05) is 13.8 Å². The van der Waals surface area contributed by atoms with Crippen LogP contribution in [0.15, 0.2) is 10.5 Å². The van der Waals surface area contributed by atoms with Crippen molar-refractivity contribution in [2.75, 3.05) is 0 Å². The molecule has 0 aliphatic carbocycles. The third-order valence-electron chi connectivity index (χ3n) is 2.02. The molecular weight excluding hydrogens is 356 g/mol. The maximum absolute atomic E-state index is 11.0. The molecule has 0 heterocycles. The van der Waals surface area contributed by atoms with Crippen molar-refractivity contribution in [1.29, 1.82) is 0 Å². The van der Waals surface area contributed by atoms with E-state index >= 15 is 0 Å². The predicted molar refractivity (Wildman–Crippen MR) is 70.1 cm³/mol. The molecule has 0 amide bonds. The molecule has 0 unspecified atom stereocenters. The van der Waals surface area contributed by atoms with E-state index in [1.807, 2.05) is 0 Å². The van der Waals surface area contributed by atoms with Gasteiger partial charge >= 0.3 is 23.3 Å². The smallest absolute Gasteiger partial charge is 0.320 e. The fraction of sp³-hybridized carbons (Fsp3) is 0.200. The summed E-state index contributed by atoms with van der Waals surface area (Å²) in [5, 5.41) is 21.9. The van der Waals surface area contributed by atoms with Crippen LogP contribution in [0.25, 0.3) is 0 Å². The third kappa shape index (κ3) is 3.72. The average molecular weight is 363 g/mol. The van der Waals surface area contributed by atoms with Gasteiger partial charge in [0.15, 0.2) is 0 Å². The Kier molecular flexibility index (Phi) is 4.92. The zero-order chi connectivity index (χ0) is 16.3. The molecule has 0 bridgehead atoms. The quantitative estimate of drug-likeness (QED) is 0.343. The molecule has 112 valence electrons. The second-order valence-electron chi connectivity index (χ2n) is 3.59. The highest BCUT2D eigenvalue weighted by Crippen LogP contribution is 2.47. The van der Waals surface area contributed by atoms with Gasteiger partial charge in [-0.25, -0.2) is 0 Å². The molecule has 10 nitrogen and oxygen atoms in total. The van der Waals surface area contributed by atoms with Gasteiger partial charge in [0.05, 0.1) is 9.85 Å². The van der Waals surface area contributed by atoms with Crippen LogP contribution in [0, 0.1) is 20.2 Å². The minimum absolute atomic E-state index is 0.381.